The van der Waals surface area contributed by atoms with Gasteiger partial charge in [0.05, 0.1) is 27.2 Å². The molecule has 0 aliphatic heterocycles. The van der Waals surface area contributed by atoms with Crippen LogP contribution in [0.2, 0.25) is 5.02 Å². The second-order valence-corrected chi connectivity index (χ2v) is 7.72. The molecule has 5 rings (SSSR count). The molecule has 0 unspecified atom stereocenters. The summed E-state index contributed by atoms with van der Waals surface area (Å²) in [6, 6.07) is 15.1. The molecule has 34 heavy (non-hydrogen) atoms. The minimum Gasteiger partial charge on any atom is -0.460 e. The lowest BCUT2D eigenvalue weighted by molar-refractivity contribution is 0.0735. The van der Waals surface area contributed by atoms with Crippen LogP contribution in [0.15, 0.2) is 76.2 Å². The number of carbonyl (C=O) groups is 1. The SMILES string of the molecule is Cc1oc2cc(OC(=O)c3cccc(-n4cnnn4)c3)ccc2c(=O)c1-c1c(F)cccc1Cl. The summed E-state index contributed by atoms with van der Waals surface area (Å²) in [6.07, 6.45) is 1.40. The molecule has 0 aliphatic carbocycles. The van der Waals surface area contributed by atoms with Crippen molar-refractivity contribution in [3.8, 4) is 22.6 Å². The van der Waals surface area contributed by atoms with E-state index in [2.05, 4.69) is 15.5 Å². The zero-order chi connectivity index (χ0) is 23.8. The number of carbonyl (C=O) groups excluding carboxylic acids is 1. The van der Waals surface area contributed by atoms with Gasteiger partial charge in [-0.2, -0.15) is 0 Å². The van der Waals surface area contributed by atoms with Gasteiger partial charge in [0.1, 0.15) is 29.2 Å². The van der Waals surface area contributed by atoms with Crippen LogP contribution in [0.5, 0.6) is 5.75 Å². The number of halogens is 2. The average molecular weight is 477 g/mol. The molecule has 8 nitrogen and oxygen atoms in total. The number of nitrogens with zero attached hydrogens (tertiary/aromatic N) is 4. The summed E-state index contributed by atoms with van der Waals surface area (Å²) in [4.78, 5) is 25.8. The smallest absolute Gasteiger partial charge is 0.343 e. The molecule has 0 aliphatic rings. The molecule has 0 radical (unpaired) electrons. The topological polar surface area (TPSA) is 100 Å². The van der Waals surface area contributed by atoms with Gasteiger partial charge in [0, 0.05) is 11.6 Å². The molecular formula is C24H14ClFN4O4. The predicted octanol–water partition coefficient (Wildman–Crippen LogP) is 4.76. The molecule has 168 valence electrons. The normalized spacial score (nSPS) is 11.0. The molecule has 0 amide bonds. The van der Waals surface area contributed by atoms with Crippen LogP contribution in [-0.2, 0) is 0 Å². The predicted molar refractivity (Wildman–Crippen MR) is 122 cm³/mol. The minimum absolute atomic E-state index is 0.0183. The van der Waals surface area contributed by atoms with Crippen LogP contribution in [-0.4, -0.2) is 26.2 Å². The minimum atomic E-state index is -0.628. The number of hydrogen-bond donors (Lipinski definition) is 0. The molecule has 2 aromatic heterocycles. The fourth-order valence-corrected chi connectivity index (χ4v) is 3.85. The van der Waals surface area contributed by atoms with Crippen LogP contribution in [0.1, 0.15) is 16.1 Å². The highest BCUT2D eigenvalue weighted by Gasteiger charge is 2.20. The molecule has 0 bridgehead atoms. The molecule has 0 atom stereocenters. The van der Waals surface area contributed by atoms with Crippen LogP contribution in [0.25, 0.3) is 27.8 Å². The summed E-state index contributed by atoms with van der Waals surface area (Å²) in [5.41, 5.74) is 0.619. The van der Waals surface area contributed by atoms with Gasteiger partial charge >= 0.3 is 5.97 Å². The second kappa shape index (κ2) is 8.53. The van der Waals surface area contributed by atoms with Crippen LogP contribution in [0, 0.1) is 12.7 Å². The summed E-state index contributed by atoms with van der Waals surface area (Å²) in [5.74, 6) is -0.897. The van der Waals surface area contributed by atoms with Crippen molar-refractivity contribution >= 4 is 28.5 Å². The fourth-order valence-electron chi connectivity index (χ4n) is 3.60. The van der Waals surface area contributed by atoms with E-state index in [1.807, 2.05) is 0 Å². The third kappa shape index (κ3) is 3.82. The monoisotopic (exact) mass is 476 g/mol. The average Bonchev–Trinajstić information content (AvgIpc) is 3.36. The van der Waals surface area contributed by atoms with E-state index in [9.17, 15) is 14.0 Å². The molecule has 2 heterocycles. The number of aryl methyl sites for hydroxylation is 1. The molecular weight excluding hydrogens is 463 g/mol. The van der Waals surface area contributed by atoms with E-state index >= 15 is 0 Å². The molecule has 0 N–H and O–H groups in total. The maximum absolute atomic E-state index is 14.4. The summed E-state index contributed by atoms with van der Waals surface area (Å²) < 4.78 is 27.1. The number of aromatic nitrogens is 4. The van der Waals surface area contributed by atoms with Gasteiger partial charge in [0.2, 0.25) is 5.43 Å². The lowest BCUT2D eigenvalue weighted by Crippen LogP contribution is -2.11. The Bertz CT molecular complexity index is 1600. The quantitative estimate of drug-likeness (QED) is 0.272. The summed E-state index contributed by atoms with van der Waals surface area (Å²) in [7, 11) is 0. The zero-order valence-corrected chi connectivity index (χ0v) is 18.3. The Balaban J connectivity index is 1.49. The van der Waals surface area contributed by atoms with Crippen molar-refractivity contribution in [1.29, 1.82) is 0 Å². The van der Waals surface area contributed by atoms with E-state index in [0.29, 0.717) is 5.69 Å². The summed E-state index contributed by atoms with van der Waals surface area (Å²) in [5, 5.41) is 11.2. The Morgan fingerprint density at radius 3 is 2.68 bits per heavy atom. The molecule has 5 aromatic rings. The summed E-state index contributed by atoms with van der Waals surface area (Å²) in [6.45, 7) is 1.54. The first-order valence-electron chi connectivity index (χ1n) is 10.00. The number of fused-ring (bicyclic) bond motifs is 1. The molecule has 0 saturated heterocycles. The number of benzene rings is 3. The van der Waals surface area contributed by atoms with Gasteiger partial charge in [0.25, 0.3) is 0 Å². The van der Waals surface area contributed by atoms with Gasteiger partial charge in [0.15, 0.2) is 0 Å². The number of hydrogen-bond acceptors (Lipinski definition) is 7. The third-order valence-corrected chi connectivity index (χ3v) is 5.47. The first kappa shape index (κ1) is 21.5. The van der Waals surface area contributed by atoms with Crippen LogP contribution < -0.4 is 10.2 Å². The van der Waals surface area contributed by atoms with E-state index in [0.717, 1.165) is 0 Å². The Kier molecular flexibility index (Phi) is 5.39. The van der Waals surface area contributed by atoms with Gasteiger partial charge in [-0.15, -0.1) is 5.10 Å². The largest absolute Gasteiger partial charge is 0.460 e. The van der Waals surface area contributed by atoms with Gasteiger partial charge < -0.3 is 9.15 Å². The Labute approximate surface area is 196 Å². The van der Waals surface area contributed by atoms with Crippen molar-refractivity contribution in [2.75, 3.05) is 0 Å². The number of ether oxygens (including phenoxy) is 1. The molecule has 3 aromatic carbocycles. The van der Waals surface area contributed by atoms with Gasteiger partial charge in [-0.25, -0.2) is 13.9 Å². The number of esters is 1. The maximum Gasteiger partial charge on any atom is 0.343 e. The Hall–Kier alpha value is -4.37. The van der Waals surface area contributed by atoms with E-state index in [1.54, 1.807) is 31.2 Å². The van der Waals surface area contributed by atoms with Crippen molar-refractivity contribution in [1.82, 2.24) is 20.2 Å². The highest BCUT2D eigenvalue weighted by atomic mass is 35.5. The van der Waals surface area contributed by atoms with Gasteiger partial charge in [-0.3, -0.25) is 4.79 Å². The fraction of sp³-hybridized carbons (Fsp3) is 0.0417. The first-order valence-corrected chi connectivity index (χ1v) is 10.4. The second-order valence-electron chi connectivity index (χ2n) is 7.31. The van der Waals surface area contributed by atoms with Crippen LogP contribution >= 0.6 is 11.6 Å². The lowest BCUT2D eigenvalue weighted by Gasteiger charge is -2.11. The van der Waals surface area contributed by atoms with Crippen molar-refractivity contribution in [3.05, 3.63) is 99.4 Å². The van der Waals surface area contributed by atoms with E-state index in [-0.39, 0.29) is 44.2 Å². The molecule has 0 saturated carbocycles. The third-order valence-electron chi connectivity index (χ3n) is 5.16. The highest BCUT2D eigenvalue weighted by Crippen LogP contribution is 2.33. The molecule has 0 spiro atoms. The Morgan fingerprint density at radius 1 is 1.09 bits per heavy atom. The molecule has 0 fully saturated rings. The number of tetrazole rings is 1. The standard InChI is InChI=1S/C24H14ClFN4O4/c1-13-21(22-18(25)6-3-7-19(22)26)23(31)17-9-8-16(11-20(17)33-13)34-24(32)14-4-2-5-15(10-14)30-12-27-28-29-30/h2-12H,1H3. The van der Waals surface area contributed by atoms with E-state index in [1.165, 1.54) is 47.4 Å². The van der Waals surface area contributed by atoms with E-state index in [4.69, 9.17) is 20.8 Å². The van der Waals surface area contributed by atoms with Crippen LogP contribution in [0.3, 0.4) is 0 Å². The first-order chi connectivity index (χ1) is 16.4. The van der Waals surface area contributed by atoms with Crippen molar-refractivity contribution < 1.29 is 18.3 Å². The Morgan fingerprint density at radius 2 is 1.91 bits per heavy atom. The van der Waals surface area contributed by atoms with Gasteiger partial charge in [-0.05, 0) is 59.8 Å². The van der Waals surface area contributed by atoms with Crippen LogP contribution in [0.4, 0.5) is 4.39 Å². The van der Waals surface area contributed by atoms with Crippen molar-refractivity contribution in [2.24, 2.45) is 0 Å². The summed E-state index contributed by atoms with van der Waals surface area (Å²) >= 11 is 6.15. The van der Waals surface area contributed by atoms with Crippen molar-refractivity contribution in [2.45, 2.75) is 6.92 Å². The maximum atomic E-state index is 14.4. The van der Waals surface area contributed by atoms with Crippen molar-refractivity contribution in [3.63, 3.8) is 0 Å². The van der Waals surface area contributed by atoms with E-state index < -0.39 is 17.2 Å². The zero-order valence-electron chi connectivity index (χ0n) is 17.5. The highest BCUT2D eigenvalue weighted by molar-refractivity contribution is 6.33. The molecule has 10 heteroatoms. The van der Waals surface area contributed by atoms with Gasteiger partial charge in [-0.1, -0.05) is 23.7 Å². The lowest BCUT2D eigenvalue weighted by atomic mass is 10.0. The number of rotatable bonds is 4.